The summed E-state index contributed by atoms with van der Waals surface area (Å²) >= 11 is 1.69. The first-order valence-corrected chi connectivity index (χ1v) is 10.7. The van der Waals surface area contributed by atoms with E-state index in [1.165, 1.54) is 43.5 Å². The van der Waals surface area contributed by atoms with Crippen LogP contribution in [0, 0.1) is 0 Å². The highest BCUT2D eigenvalue weighted by atomic mass is 32.2. The number of aromatic nitrogens is 1. The number of hydrogen-bond donors (Lipinski definition) is 1. The number of rotatable bonds is 6. The predicted molar refractivity (Wildman–Crippen MR) is 90.4 cm³/mol. The molecule has 1 heterocycles. The number of amides is 1. The summed E-state index contributed by atoms with van der Waals surface area (Å²) in [5.74, 6) is 1.04. The van der Waals surface area contributed by atoms with Gasteiger partial charge in [0, 0.05) is 28.1 Å². The molecule has 1 atom stereocenters. The number of carbonyl (C=O) groups is 1. The molecule has 0 aromatic carbocycles. The van der Waals surface area contributed by atoms with Gasteiger partial charge in [-0.3, -0.25) is 9.00 Å². The summed E-state index contributed by atoms with van der Waals surface area (Å²) in [6.07, 6.45) is 9.58. The maximum Gasteiger partial charge on any atom is 0.232 e. The molecule has 6 heteroatoms. The molecule has 0 aliphatic heterocycles. The molecule has 3 rings (SSSR count). The van der Waals surface area contributed by atoms with Crippen molar-refractivity contribution in [1.82, 2.24) is 10.3 Å². The Labute approximate surface area is 138 Å². The van der Waals surface area contributed by atoms with Crippen LogP contribution in [0.15, 0.2) is 5.38 Å². The Morgan fingerprint density at radius 1 is 1.23 bits per heavy atom. The fraction of sp³-hybridized carbons (Fsp3) is 0.750. The van der Waals surface area contributed by atoms with Crippen LogP contribution in [0.25, 0.3) is 0 Å². The number of hydrogen-bond acceptors (Lipinski definition) is 4. The van der Waals surface area contributed by atoms with Gasteiger partial charge in [-0.25, -0.2) is 4.98 Å². The largest absolute Gasteiger partial charge is 0.353 e. The summed E-state index contributed by atoms with van der Waals surface area (Å²) in [5.41, 5.74) is 0.888. The molecule has 1 N–H and O–H groups in total. The predicted octanol–water partition coefficient (Wildman–Crippen LogP) is 3.11. The van der Waals surface area contributed by atoms with Gasteiger partial charge in [-0.05, 0) is 25.7 Å². The lowest BCUT2D eigenvalue weighted by atomic mass is 10.1. The van der Waals surface area contributed by atoms with Gasteiger partial charge in [0.05, 0.1) is 16.5 Å². The van der Waals surface area contributed by atoms with Crippen molar-refractivity contribution in [3.63, 3.8) is 0 Å². The van der Waals surface area contributed by atoms with Crippen LogP contribution < -0.4 is 5.32 Å². The van der Waals surface area contributed by atoms with E-state index in [0.29, 0.717) is 17.7 Å². The third-order valence-corrected chi connectivity index (χ3v) is 6.85. The average molecular weight is 341 g/mol. The van der Waals surface area contributed by atoms with Crippen molar-refractivity contribution in [3.8, 4) is 0 Å². The highest BCUT2D eigenvalue weighted by molar-refractivity contribution is 7.84. The molecule has 2 aliphatic rings. The molecule has 2 saturated carbocycles. The smallest absolute Gasteiger partial charge is 0.232 e. The second-order valence-electron chi connectivity index (χ2n) is 6.44. The topological polar surface area (TPSA) is 59.1 Å². The molecule has 122 valence electrons. The Morgan fingerprint density at radius 2 is 1.91 bits per heavy atom. The average Bonchev–Trinajstić information content (AvgIpc) is 3.19. The van der Waals surface area contributed by atoms with Crippen LogP contribution in [0.5, 0.6) is 0 Å². The van der Waals surface area contributed by atoms with Gasteiger partial charge >= 0.3 is 0 Å². The molecular formula is C16H24N2O2S2. The van der Waals surface area contributed by atoms with Crippen LogP contribution in [-0.4, -0.2) is 26.9 Å². The number of nitrogens with one attached hydrogen (secondary N) is 1. The second kappa shape index (κ2) is 7.68. The van der Waals surface area contributed by atoms with Gasteiger partial charge in [-0.2, -0.15) is 0 Å². The molecule has 22 heavy (non-hydrogen) atoms. The maximum absolute atomic E-state index is 12.1. The van der Waals surface area contributed by atoms with Crippen molar-refractivity contribution in [2.45, 2.75) is 69.1 Å². The molecule has 1 amide bonds. The van der Waals surface area contributed by atoms with E-state index < -0.39 is 10.8 Å². The highest BCUT2D eigenvalue weighted by Crippen LogP contribution is 2.35. The molecule has 0 saturated heterocycles. The number of carbonyl (C=O) groups excluding carboxylic acids is 1. The quantitative estimate of drug-likeness (QED) is 0.865. The first-order valence-electron chi connectivity index (χ1n) is 8.29. The van der Waals surface area contributed by atoms with Crippen LogP contribution >= 0.6 is 11.3 Å². The molecule has 1 aromatic heterocycles. The van der Waals surface area contributed by atoms with Gasteiger partial charge in [0.1, 0.15) is 5.75 Å². The normalized spacial score (nSPS) is 21.3. The first-order chi connectivity index (χ1) is 10.7. The summed E-state index contributed by atoms with van der Waals surface area (Å²) in [6.45, 7) is 0. The van der Waals surface area contributed by atoms with Crippen molar-refractivity contribution < 1.29 is 9.00 Å². The second-order valence-corrected chi connectivity index (χ2v) is 8.78. The fourth-order valence-corrected chi connectivity index (χ4v) is 5.50. The Kier molecular flexibility index (Phi) is 5.63. The molecule has 2 fully saturated rings. The minimum absolute atomic E-state index is 0.0727. The van der Waals surface area contributed by atoms with Crippen molar-refractivity contribution in [2.75, 3.05) is 5.75 Å². The van der Waals surface area contributed by atoms with Crippen LogP contribution in [0.3, 0.4) is 0 Å². The minimum Gasteiger partial charge on any atom is -0.353 e. The summed E-state index contributed by atoms with van der Waals surface area (Å²) in [4.78, 5) is 16.5. The third-order valence-electron chi connectivity index (χ3n) is 4.60. The zero-order valence-electron chi connectivity index (χ0n) is 12.9. The van der Waals surface area contributed by atoms with Gasteiger partial charge in [0.2, 0.25) is 5.91 Å². The summed E-state index contributed by atoms with van der Waals surface area (Å²) in [6, 6.07) is 0.303. The lowest BCUT2D eigenvalue weighted by Gasteiger charge is -2.11. The zero-order valence-corrected chi connectivity index (χ0v) is 14.5. The standard InChI is InChI=1S/C16H24N2O2S2/c19-15(17-13-7-3-4-8-13)11-22(20)10-14-9-21-16(18-14)12-5-1-2-6-12/h9,12-13H,1-8,10-11H2,(H,17,19)/t22-/m1/s1. The van der Waals surface area contributed by atoms with E-state index >= 15 is 0 Å². The molecule has 2 aliphatic carbocycles. The lowest BCUT2D eigenvalue weighted by Crippen LogP contribution is -2.35. The summed E-state index contributed by atoms with van der Waals surface area (Å²) < 4.78 is 12.1. The van der Waals surface area contributed by atoms with E-state index in [4.69, 9.17) is 0 Å². The monoisotopic (exact) mass is 340 g/mol. The van der Waals surface area contributed by atoms with Crippen LogP contribution in [0.2, 0.25) is 0 Å². The minimum atomic E-state index is -1.16. The van der Waals surface area contributed by atoms with E-state index in [0.717, 1.165) is 18.5 Å². The third kappa shape index (κ3) is 4.38. The highest BCUT2D eigenvalue weighted by Gasteiger charge is 2.21. The van der Waals surface area contributed by atoms with Gasteiger partial charge in [0.25, 0.3) is 0 Å². The van der Waals surface area contributed by atoms with Crippen molar-refractivity contribution in [2.24, 2.45) is 0 Å². The molecule has 1 aromatic rings. The maximum atomic E-state index is 12.1. The summed E-state index contributed by atoms with van der Waals surface area (Å²) in [5, 5.41) is 6.20. The summed E-state index contributed by atoms with van der Waals surface area (Å²) in [7, 11) is -1.16. The Balaban J connectivity index is 1.45. The van der Waals surface area contributed by atoms with E-state index in [9.17, 15) is 9.00 Å². The Morgan fingerprint density at radius 3 is 2.64 bits per heavy atom. The van der Waals surface area contributed by atoms with Crippen molar-refractivity contribution in [3.05, 3.63) is 16.1 Å². The van der Waals surface area contributed by atoms with Gasteiger partial charge < -0.3 is 5.32 Å². The Hall–Kier alpha value is -0.750. The molecule has 0 unspecified atom stereocenters. The molecule has 0 radical (unpaired) electrons. The van der Waals surface area contributed by atoms with Crippen molar-refractivity contribution >= 4 is 28.0 Å². The van der Waals surface area contributed by atoms with E-state index in [-0.39, 0.29) is 11.7 Å². The molecule has 0 bridgehead atoms. The van der Waals surface area contributed by atoms with Gasteiger partial charge in [-0.15, -0.1) is 11.3 Å². The molecular weight excluding hydrogens is 316 g/mol. The van der Waals surface area contributed by atoms with Gasteiger partial charge in [0.15, 0.2) is 0 Å². The first kappa shape index (κ1) is 16.1. The SMILES string of the molecule is O=C(C[S@](=O)Cc1csc(C2CCCC2)n1)NC1CCCC1. The van der Waals surface area contributed by atoms with Crippen molar-refractivity contribution in [1.29, 1.82) is 0 Å². The van der Waals surface area contributed by atoms with Crippen LogP contribution in [0.4, 0.5) is 0 Å². The fourth-order valence-electron chi connectivity index (χ4n) is 3.45. The van der Waals surface area contributed by atoms with E-state index in [1.807, 2.05) is 5.38 Å². The number of nitrogens with zero attached hydrogens (tertiary/aromatic N) is 1. The zero-order chi connectivity index (χ0) is 15.4. The van der Waals surface area contributed by atoms with Crippen LogP contribution in [0.1, 0.15) is 68.0 Å². The van der Waals surface area contributed by atoms with E-state index in [1.54, 1.807) is 11.3 Å². The number of thiazole rings is 1. The van der Waals surface area contributed by atoms with Crippen LogP contribution in [-0.2, 0) is 21.3 Å². The lowest BCUT2D eigenvalue weighted by molar-refractivity contribution is -0.119. The Bertz CT molecular complexity index is 532. The molecule has 4 nitrogen and oxygen atoms in total. The van der Waals surface area contributed by atoms with Gasteiger partial charge in [-0.1, -0.05) is 25.7 Å². The molecule has 0 spiro atoms. The van der Waals surface area contributed by atoms with E-state index in [2.05, 4.69) is 10.3 Å².